The van der Waals surface area contributed by atoms with E-state index in [9.17, 15) is 0 Å². The molecule has 0 atom stereocenters. The van der Waals surface area contributed by atoms with Gasteiger partial charge in [-0.05, 0) is 49.1 Å². The Morgan fingerprint density at radius 2 is 2.06 bits per heavy atom. The van der Waals surface area contributed by atoms with Crippen LogP contribution in [-0.4, -0.2) is 7.05 Å². The fourth-order valence-corrected chi connectivity index (χ4v) is 2.09. The van der Waals surface area contributed by atoms with E-state index >= 15 is 0 Å². The van der Waals surface area contributed by atoms with Crippen LogP contribution in [0.5, 0.6) is 0 Å². The molecule has 0 amide bonds. The smallest absolute Gasteiger partial charge is 0.0413 e. The molecule has 1 aliphatic carbocycles. The summed E-state index contributed by atoms with van der Waals surface area (Å²) in [5.41, 5.74) is 6.42. The summed E-state index contributed by atoms with van der Waals surface area (Å²) in [7, 11) is 1.97. The minimum absolute atomic E-state index is 1.02. The van der Waals surface area contributed by atoms with Gasteiger partial charge < -0.3 is 5.32 Å². The zero-order valence-corrected chi connectivity index (χ0v) is 10.7. The Morgan fingerprint density at radius 1 is 1.24 bits per heavy atom. The van der Waals surface area contributed by atoms with Crippen LogP contribution in [0.1, 0.15) is 24.5 Å². The molecule has 0 saturated carbocycles. The van der Waals surface area contributed by atoms with Crippen molar-refractivity contribution in [2.75, 3.05) is 12.4 Å². The molecule has 1 aliphatic rings. The summed E-state index contributed by atoms with van der Waals surface area (Å²) >= 11 is 0. The molecule has 0 radical (unpaired) electrons. The molecule has 2 rings (SSSR count). The number of allylic oxidation sites excluding steroid dienone is 5. The van der Waals surface area contributed by atoms with Crippen LogP contribution in [0.3, 0.4) is 0 Å². The third-order valence-corrected chi connectivity index (χ3v) is 2.97. The number of hydrogen-bond acceptors (Lipinski definition) is 1. The van der Waals surface area contributed by atoms with Gasteiger partial charge in [-0.3, -0.25) is 0 Å². The second-order valence-electron chi connectivity index (χ2n) is 4.55. The molecule has 0 bridgehead atoms. The zero-order valence-electron chi connectivity index (χ0n) is 10.7. The molecule has 88 valence electrons. The van der Waals surface area contributed by atoms with Crippen LogP contribution in [0.15, 0.2) is 47.6 Å². The number of hydrogen-bond donors (Lipinski definition) is 1. The summed E-state index contributed by atoms with van der Waals surface area (Å²) in [6.07, 6.45) is 9.92. The fourth-order valence-electron chi connectivity index (χ4n) is 2.09. The predicted molar refractivity (Wildman–Crippen MR) is 76.2 cm³/mol. The van der Waals surface area contributed by atoms with Crippen LogP contribution in [0.25, 0.3) is 6.08 Å². The van der Waals surface area contributed by atoms with Gasteiger partial charge in [-0.25, -0.2) is 0 Å². The maximum Gasteiger partial charge on any atom is 0.0413 e. The van der Waals surface area contributed by atoms with E-state index in [0.717, 1.165) is 6.42 Å². The first-order chi connectivity index (χ1) is 8.19. The monoisotopic (exact) mass is 225 g/mol. The van der Waals surface area contributed by atoms with Gasteiger partial charge in [0.1, 0.15) is 0 Å². The van der Waals surface area contributed by atoms with Gasteiger partial charge in [-0.15, -0.1) is 0 Å². The molecule has 0 aliphatic heterocycles. The Kier molecular flexibility index (Phi) is 3.48. The van der Waals surface area contributed by atoms with Gasteiger partial charge in [-0.2, -0.15) is 0 Å². The van der Waals surface area contributed by atoms with E-state index in [2.05, 4.69) is 61.7 Å². The highest BCUT2D eigenvalue weighted by molar-refractivity contribution is 5.70. The van der Waals surface area contributed by atoms with Gasteiger partial charge in [0, 0.05) is 12.7 Å². The molecular weight excluding hydrogens is 206 g/mol. The number of benzene rings is 1. The SMILES string of the molecule is CNc1cc(C)ccc1/C=C1/C=C(C)C=CC1. The third-order valence-electron chi connectivity index (χ3n) is 2.97. The van der Waals surface area contributed by atoms with Crippen LogP contribution in [0, 0.1) is 6.92 Å². The molecule has 1 aromatic carbocycles. The van der Waals surface area contributed by atoms with Crippen LogP contribution < -0.4 is 5.32 Å². The summed E-state index contributed by atoms with van der Waals surface area (Å²) in [5.74, 6) is 0. The number of rotatable bonds is 2. The number of nitrogens with one attached hydrogen (secondary N) is 1. The second-order valence-corrected chi connectivity index (χ2v) is 4.55. The standard InChI is InChI=1S/C16H19N/c1-12-5-4-6-14(9-12)11-15-8-7-13(2)10-16(15)17-3/h4-5,7-11,17H,6H2,1-3H3/b14-11+. The molecule has 1 heteroatoms. The number of aryl methyl sites for hydroxylation is 1. The van der Waals surface area contributed by atoms with E-state index in [1.165, 1.54) is 28.0 Å². The van der Waals surface area contributed by atoms with Gasteiger partial charge in [0.25, 0.3) is 0 Å². The Hall–Kier alpha value is -1.76. The van der Waals surface area contributed by atoms with Gasteiger partial charge in [0.05, 0.1) is 0 Å². The Balaban J connectivity index is 2.35. The van der Waals surface area contributed by atoms with E-state index < -0.39 is 0 Å². The summed E-state index contributed by atoms with van der Waals surface area (Å²) in [6, 6.07) is 6.51. The van der Waals surface area contributed by atoms with Crippen molar-refractivity contribution in [2.45, 2.75) is 20.3 Å². The molecule has 0 spiro atoms. The largest absolute Gasteiger partial charge is 0.388 e. The van der Waals surface area contributed by atoms with Crippen LogP contribution in [0.2, 0.25) is 0 Å². The van der Waals surface area contributed by atoms with E-state index in [1.807, 2.05) is 7.05 Å². The maximum absolute atomic E-state index is 3.25. The summed E-state index contributed by atoms with van der Waals surface area (Å²) in [6.45, 7) is 4.25. The van der Waals surface area contributed by atoms with Crippen molar-refractivity contribution in [1.29, 1.82) is 0 Å². The first-order valence-electron chi connectivity index (χ1n) is 6.03. The molecule has 0 heterocycles. The van der Waals surface area contributed by atoms with Gasteiger partial charge >= 0.3 is 0 Å². The molecule has 1 aromatic rings. The molecule has 1 nitrogen and oxygen atoms in total. The highest BCUT2D eigenvalue weighted by Gasteiger charge is 2.02. The van der Waals surface area contributed by atoms with Crippen molar-refractivity contribution in [2.24, 2.45) is 0 Å². The quantitative estimate of drug-likeness (QED) is 0.790. The molecular formula is C16H19N. The molecule has 0 saturated heterocycles. The lowest BCUT2D eigenvalue weighted by Crippen LogP contribution is -1.93. The second kappa shape index (κ2) is 5.05. The van der Waals surface area contributed by atoms with Gasteiger partial charge in [0.15, 0.2) is 0 Å². The van der Waals surface area contributed by atoms with Crippen molar-refractivity contribution < 1.29 is 0 Å². The minimum Gasteiger partial charge on any atom is -0.388 e. The molecule has 17 heavy (non-hydrogen) atoms. The third kappa shape index (κ3) is 2.88. The van der Waals surface area contributed by atoms with Crippen molar-refractivity contribution in [1.82, 2.24) is 0 Å². The Morgan fingerprint density at radius 3 is 2.76 bits per heavy atom. The van der Waals surface area contributed by atoms with Gasteiger partial charge in [-0.1, -0.05) is 35.9 Å². The Labute approximate surface area is 104 Å². The van der Waals surface area contributed by atoms with Crippen molar-refractivity contribution >= 4 is 11.8 Å². The number of anilines is 1. The van der Waals surface area contributed by atoms with Crippen molar-refractivity contribution in [3.63, 3.8) is 0 Å². The van der Waals surface area contributed by atoms with Gasteiger partial charge in [0.2, 0.25) is 0 Å². The zero-order chi connectivity index (χ0) is 12.3. The average Bonchev–Trinajstić information content (AvgIpc) is 2.31. The predicted octanol–water partition coefficient (Wildman–Crippen LogP) is 4.33. The highest BCUT2D eigenvalue weighted by Crippen LogP contribution is 2.23. The first-order valence-corrected chi connectivity index (χ1v) is 6.03. The lowest BCUT2D eigenvalue weighted by molar-refractivity contribution is 1.24. The first kappa shape index (κ1) is 11.7. The lowest BCUT2D eigenvalue weighted by Gasteiger charge is -2.10. The highest BCUT2D eigenvalue weighted by atomic mass is 14.8. The Bertz CT molecular complexity index is 504. The van der Waals surface area contributed by atoms with Crippen LogP contribution in [-0.2, 0) is 0 Å². The summed E-state index contributed by atoms with van der Waals surface area (Å²) in [4.78, 5) is 0. The minimum atomic E-state index is 1.02. The molecule has 1 N–H and O–H groups in total. The van der Waals surface area contributed by atoms with Crippen molar-refractivity contribution in [3.05, 3.63) is 58.7 Å². The summed E-state index contributed by atoms with van der Waals surface area (Å²) < 4.78 is 0. The topological polar surface area (TPSA) is 12.0 Å². The summed E-state index contributed by atoms with van der Waals surface area (Å²) in [5, 5.41) is 3.25. The normalized spacial score (nSPS) is 17.1. The van der Waals surface area contributed by atoms with E-state index in [-0.39, 0.29) is 0 Å². The van der Waals surface area contributed by atoms with Crippen LogP contribution >= 0.6 is 0 Å². The molecule has 0 fully saturated rings. The van der Waals surface area contributed by atoms with E-state index in [4.69, 9.17) is 0 Å². The van der Waals surface area contributed by atoms with E-state index in [0.29, 0.717) is 0 Å². The van der Waals surface area contributed by atoms with Crippen LogP contribution in [0.4, 0.5) is 5.69 Å². The molecule has 0 unspecified atom stereocenters. The maximum atomic E-state index is 3.25. The van der Waals surface area contributed by atoms with E-state index in [1.54, 1.807) is 0 Å². The molecule has 0 aromatic heterocycles. The lowest BCUT2D eigenvalue weighted by atomic mass is 9.99. The average molecular weight is 225 g/mol. The van der Waals surface area contributed by atoms with Crippen molar-refractivity contribution in [3.8, 4) is 0 Å². The fraction of sp³-hybridized carbons (Fsp3) is 0.250.